The maximum atomic E-state index is 14.0. The average Bonchev–Trinajstić information content (AvgIpc) is 3.80. The van der Waals surface area contributed by atoms with Gasteiger partial charge in [0.15, 0.2) is 0 Å². The fraction of sp³-hybridized carbons (Fsp3) is 0.600. The van der Waals surface area contributed by atoms with E-state index in [4.69, 9.17) is 17.2 Å². The molecule has 0 spiro atoms. The number of carbonyl (C=O) groups excluding carboxylic acids is 10. The van der Waals surface area contributed by atoms with Gasteiger partial charge in [-0.3, -0.25) is 52.7 Å². The SMILES string of the molecule is CC[C@H](C)[C@H](NC(=O)CNC(=O)[C@H](CC(C)C)NC(=O)[C@@H](N)CCC(N)=O)C(=O)N1CCC[C@H]1C(=O)NCC(=O)N[C@@H](CCC(N)=O)C(=O)N[C@@H](CCC(=O)O)C(=O)N[C@@H](Cc1ccc(O)cc1)C(=O)O. The molecule has 1 saturated heterocycles. The summed E-state index contributed by atoms with van der Waals surface area (Å²) in [4.78, 5) is 154. The first-order valence-corrected chi connectivity index (χ1v) is 23.2. The van der Waals surface area contributed by atoms with Gasteiger partial charge in [-0.1, -0.05) is 46.2 Å². The summed E-state index contributed by atoms with van der Waals surface area (Å²) in [6.07, 6.45) is -1.33. The molecule has 1 aromatic rings. The number of benzene rings is 1. The van der Waals surface area contributed by atoms with Gasteiger partial charge in [0.25, 0.3) is 0 Å². The van der Waals surface area contributed by atoms with Crippen molar-refractivity contribution in [1.82, 2.24) is 42.1 Å². The number of nitrogens with two attached hydrogens (primary N) is 3. The molecule has 0 unspecified atom stereocenters. The molecule has 26 nitrogen and oxygen atoms in total. The Kier molecular flexibility index (Phi) is 24.9. The van der Waals surface area contributed by atoms with Crippen molar-refractivity contribution < 1.29 is 72.9 Å². The highest BCUT2D eigenvalue weighted by atomic mass is 16.4. The van der Waals surface area contributed by atoms with E-state index in [-0.39, 0.29) is 50.3 Å². The van der Waals surface area contributed by atoms with Crippen LogP contribution < -0.4 is 54.4 Å². The minimum atomic E-state index is -1.64. The molecule has 0 bridgehead atoms. The van der Waals surface area contributed by atoms with Crippen molar-refractivity contribution in [2.45, 2.75) is 141 Å². The van der Waals surface area contributed by atoms with E-state index in [1.165, 1.54) is 29.2 Å². The molecule has 71 heavy (non-hydrogen) atoms. The quantitative estimate of drug-likeness (QED) is 0.0343. The summed E-state index contributed by atoms with van der Waals surface area (Å²) in [5.74, 6) is -11.6. The van der Waals surface area contributed by atoms with Gasteiger partial charge in [-0.25, -0.2) is 4.79 Å². The summed E-state index contributed by atoms with van der Waals surface area (Å²) in [5.41, 5.74) is 16.7. The second kappa shape index (κ2) is 29.6. The first kappa shape index (κ1) is 59.7. The van der Waals surface area contributed by atoms with Crippen LogP contribution in [-0.4, -0.2) is 153 Å². The summed E-state index contributed by atoms with van der Waals surface area (Å²) in [7, 11) is 0. The third-order valence-electron chi connectivity index (χ3n) is 11.5. The minimum Gasteiger partial charge on any atom is -0.508 e. The zero-order chi connectivity index (χ0) is 53.5. The summed E-state index contributed by atoms with van der Waals surface area (Å²) in [6.45, 7) is 5.86. The van der Waals surface area contributed by atoms with Crippen molar-refractivity contribution >= 4 is 71.0 Å². The van der Waals surface area contributed by atoms with E-state index in [0.717, 1.165) is 0 Å². The molecule has 8 atom stereocenters. The number of carboxylic acids is 2. The summed E-state index contributed by atoms with van der Waals surface area (Å²) >= 11 is 0. The average molecular weight is 1000 g/mol. The standard InChI is InChI=1S/C45H69N11O15/c1-5-24(4)38(55-36(61)22-49-40(65)30(19-23(2)3)53-39(64)27(46)12-15-33(47)58)44(69)56-18-6-7-32(56)43(68)50-21-35(60)51-28(13-16-34(48)59)41(66)52-29(14-17-37(62)63)42(67)54-31(45(70)71)20-25-8-10-26(57)11-9-25/h8-11,23-24,27-32,38,57H,5-7,12-22,46H2,1-4H3,(H2,47,58)(H2,48,59)(H,49,65)(H,50,68)(H,51,60)(H,52,66)(H,53,64)(H,54,67)(H,55,61)(H,62,63)(H,70,71)/t24-,27-,28-,29-,30-,31-,32-,38-/m0/s1. The van der Waals surface area contributed by atoms with Crippen molar-refractivity contribution in [3.05, 3.63) is 29.8 Å². The summed E-state index contributed by atoms with van der Waals surface area (Å²) in [5, 5.41) is 45.6. The monoisotopic (exact) mass is 1000 g/mol. The highest BCUT2D eigenvalue weighted by Gasteiger charge is 2.40. The molecule has 0 saturated carbocycles. The highest BCUT2D eigenvalue weighted by molar-refractivity contribution is 5.97. The molecule has 2 rings (SSSR count). The van der Waals surface area contributed by atoms with Gasteiger partial charge >= 0.3 is 11.9 Å². The van der Waals surface area contributed by atoms with Gasteiger partial charge in [0.2, 0.25) is 59.1 Å². The molecule has 1 aromatic carbocycles. The fourth-order valence-corrected chi connectivity index (χ4v) is 7.33. The number of nitrogens with zero attached hydrogens (tertiary/aromatic N) is 1. The first-order chi connectivity index (χ1) is 33.3. The molecule has 394 valence electrons. The van der Waals surface area contributed by atoms with Crippen LogP contribution in [0.4, 0.5) is 0 Å². The molecule has 1 heterocycles. The topological polar surface area (TPSA) is 431 Å². The Labute approximate surface area is 410 Å². The Morgan fingerprint density at radius 3 is 1.77 bits per heavy atom. The lowest BCUT2D eigenvalue weighted by molar-refractivity contribution is -0.143. The van der Waals surface area contributed by atoms with Crippen LogP contribution in [0.25, 0.3) is 0 Å². The van der Waals surface area contributed by atoms with Crippen LogP contribution >= 0.6 is 0 Å². The molecular formula is C45H69N11O15. The molecule has 1 aliphatic rings. The van der Waals surface area contributed by atoms with Crippen LogP contribution in [0, 0.1) is 11.8 Å². The van der Waals surface area contributed by atoms with Crippen molar-refractivity contribution in [2.75, 3.05) is 19.6 Å². The maximum absolute atomic E-state index is 14.0. The number of primary amides is 2. The lowest BCUT2D eigenvalue weighted by Gasteiger charge is -2.31. The molecule has 10 amide bonds. The number of phenols is 1. The van der Waals surface area contributed by atoms with E-state index >= 15 is 0 Å². The molecule has 16 N–H and O–H groups in total. The van der Waals surface area contributed by atoms with Gasteiger partial charge < -0.3 is 74.6 Å². The van der Waals surface area contributed by atoms with Gasteiger partial charge in [0, 0.05) is 32.2 Å². The van der Waals surface area contributed by atoms with E-state index in [2.05, 4.69) is 37.2 Å². The van der Waals surface area contributed by atoms with E-state index in [9.17, 15) is 72.9 Å². The summed E-state index contributed by atoms with van der Waals surface area (Å²) < 4.78 is 0. The summed E-state index contributed by atoms with van der Waals surface area (Å²) in [6, 6.07) is -3.78. The first-order valence-electron chi connectivity index (χ1n) is 23.2. The Morgan fingerprint density at radius 2 is 1.21 bits per heavy atom. The maximum Gasteiger partial charge on any atom is 0.326 e. The van der Waals surface area contributed by atoms with Crippen LogP contribution in [0.3, 0.4) is 0 Å². The van der Waals surface area contributed by atoms with Crippen molar-refractivity contribution in [3.8, 4) is 5.75 Å². The molecule has 26 heteroatoms. The molecule has 0 aliphatic carbocycles. The predicted octanol–water partition coefficient (Wildman–Crippen LogP) is -3.52. The van der Waals surface area contributed by atoms with Gasteiger partial charge in [-0.05, 0) is 68.1 Å². The molecule has 1 fully saturated rings. The van der Waals surface area contributed by atoms with Crippen molar-refractivity contribution in [2.24, 2.45) is 29.0 Å². The largest absolute Gasteiger partial charge is 0.508 e. The number of nitrogens with one attached hydrogen (secondary N) is 7. The van der Waals surface area contributed by atoms with E-state index < -0.39 is 158 Å². The molecule has 0 aromatic heterocycles. The number of aliphatic carboxylic acids is 2. The van der Waals surface area contributed by atoms with Crippen LogP contribution in [0.15, 0.2) is 24.3 Å². The van der Waals surface area contributed by atoms with Gasteiger partial charge in [0.05, 0.1) is 19.1 Å². The lowest BCUT2D eigenvalue weighted by Crippen LogP contribution is -2.58. The Balaban J connectivity index is 2.13. The van der Waals surface area contributed by atoms with Gasteiger partial charge in [-0.2, -0.15) is 0 Å². The Hall–Kier alpha value is -7.38. The van der Waals surface area contributed by atoms with Crippen LogP contribution in [-0.2, 0) is 64.0 Å². The minimum absolute atomic E-state index is 0.0445. The Bertz CT molecular complexity index is 2090. The second-order valence-corrected chi connectivity index (χ2v) is 17.7. The van der Waals surface area contributed by atoms with Crippen LogP contribution in [0.5, 0.6) is 5.75 Å². The van der Waals surface area contributed by atoms with E-state index in [1.807, 2.05) is 13.8 Å². The van der Waals surface area contributed by atoms with Crippen LogP contribution in [0.2, 0.25) is 0 Å². The number of hydrogen-bond acceptors (Lipinski definition) is 14. The smallest absolute Gasteiger partial charge is 0.326 e. The number of carbonyl (C=O) groups is 12. The van der Waals surface area contributed by atoms with Crippen molar-refractivity contribution in [3.63, 3.8) is 0 Å². The number of rotatable bonds is 31. The molecule has 0 radical (unpaired) electrons. The number of phenolic OH excluding ortho intramolecular Hbond substituents is 1. The Morgan fingerprint density at radius 1 is 0.676 bits per heavy atom. The number of amides is 10. The molecular weight excluding hydrogens is 935 g/mol. The third kappa shape index (κ3) is 21.4. The van der Waals surface area contributed by atoms with E-state index in [1.54, 1.807) is 13.8 Å². The third-order valence-corrected chi connectivity index (χ3v) is 11.5. The number of hydrogen-bond donors (Lipinski definition) is 13. The van der Waals surface area contributed by atoms with Crippen molar-refractivity contribution in [1.29, 1.82) is 0 Å². The van der Waals surface area contributed by atoms with E-state index in [0.29, 0.717) is 18.4 Å². The normalized spacial score (nSPS) is 16.1. The number of likely N-dealkylation sites (tertiary alicyclic amines) is 1. The van der Waals surface area contributed by atoms with Crippen LogP contribution in [0.1, 0.15) is 97.5 Å². The van der Waals surface area contributed by atoms with Gasteiger partial charge in [-0.15, -0.1) is 0 Å². The van der Waals surface area contributed by atoms with Gasteiger partial charge in [0.1, 0.15) is 42.0 Å². The number of carboxylic acid groups (broad SMARTS) is 2. The zero-order valence-corrected chi connectivity index (χ0v) is 40.3. The number of aromatic hydroxyl groups is 1. The zero-order valence-electron chi connectivity index (χ0n) is 40.3. The highest BCUT2D eigenvalue weighted by Crippen LogP contribution is 2.22. The lowest BCUT2D eigenvalue weighted by atomic mass is 9.97. The predicted molar refractivity (Wildman–Crippen MR) is 250 cm³/mol. The molecule has 1 aliphatic heterocycles. The second-order valence-electron chi connectivity index (χ2n) is 17.7. The fourth-order valence-electron chi connectivity index (χ4n) is 7.33.